The van der Waals surface area contributed by atoms with Gasteiger partial charge in [-0.3, -0.25) is 9.59 Å². The Balaban J connectivity index is 1.88. The molecule has 8 nitrogen and oxygen atoms in total. The number of carbonyl (C=O) groups excluding carboxylic acids is 2. The number of anilines is 1. The third-order valence-electron chi connectivity index (χ3n) is 5.24. The summed E-state index contributed by atoms with van der Waals surface area (Å²) >= 11 is 0. The largest absolute Gasteiger partial charge is 0.404 e. The standard InChI is InChI=1S/C23H29N5O3/c1-14(2)16-11-17-15(13-28(22(17)30)9-6-23(3,4)31)10-19(16)27-21(29)18(12-24)20-25-7-5-8-26-20/h5,7-8,10-12,14,31H,6,9,13,24H2,1-4H3,(H,27,29). The molecule has 1 aromatic carbocycles. The maximum atomic E-state index is 12.9. The molecule has 0 unspecified atom stereocenters. The van der Waals surface area contributed by atoms with Crippen LogP contribution in [0.4, 0.5) is 5.69 Å². The zero-order valence-corrected chi connectivity index (χ0v) is 18.3. The van der Waals surface area contributed by atoms with Crippen molar-refractivity contribution in [3.8, 4) is 0 Å². The molecule has 31 heavy (non-hydrogen) atoms. The third kappa shape index (κ3) is 5.08. The van der Waals surface area contributed by atoms with E-state index in [0.717, 1.165) is 11.1 Å². The van der Waals surface area contributed by atoms with Gasteiger partial charge in [-0.15, -0.1) is 0 Å². The molecule has 0 radical (unpaired) electrons. The lowest BCUT2D eigenvalue weighted by molar-refractivity contribution is -0.111. The Hall–Kier alpha value is -3.26. The topological polar surface area (TPSA) is 121 Å². The molecule has 8 heteroatoms. The molecule has 2 amide bonds. The van der Waals surface area contributed by atoms with E-state index < -0.39 is 11.5 Å². The first-order chi connectivity index (χ1) is 14.6. The van der Waals surface area contributed by atoms with Crippen LogP contribution in [-0.4, -0.2) is 43.9 Å². The molecule has 0 saturated heterocycles. The van der Waals surface area contributed by atoms with Crippen LogP contribution in [0.25, 0.3) is 5.57 Å². The Kier molecular flexibility index (Phi) is 6.40. The predicted octanol–water partition coefficient (Wildman–Crippen LogP) is 2.66. The van der Waals surface area contributed by atoms with Gasteiger partial charge in [-0.25, -0.2) is 9.97 Å². The summed E-state index contributed by atoms with van der Waals surface area (Å²) in [5, 5.41) is 12.9. The summed E-state index contributed by atoms with van der Waals surface area (Å²) in [4.78, 5) is 35.7. The quantitative estimate of drug-likeness (QED) is 0.589. The van der Waals surface area contributed by atoms with Gasteiger partial charge in [-0.2, -0.15) is 0 Å². The number of amides is 2. The monoisotopic (exact) mass is 423 g/mol. The average molecular weight is 424 g/mol. The molecule has 0 saturated carbocycles. The number of hydrogen-bond acceptors (Lipinski definition) is 6. The van der Waals surface area contributed by atoms with Crippen LogP contribution in [0.15, 0.2) is 36.8 Å². The van der Waals surface area contributed by atoms with E-state index in [1.54, 1.807) is 37.2 Å². The van der Waals surface area contributed by atoms with Crippen LogP contribution in [-0.2, 0) is 11.3 Å². The molecule has 164 valence electrons. The summed E-state index contributed by atoms with van der Waals surface area (Å²) in [6.07, 6.45) is 4.76. The lowest BCUT2D eigenvalue weighted by atomic mass is 9.95. The molecule has 0 spiro atoms. The van der Waals surface area contributed by atoms with Crippen molar-refractivity contribution in [1.82, 2.24) is 14.9 Å². The summed E-state index contributed by atoms with van der Waals surface area (Å²) in [7, 11) is 0. The van der Waals surface area contributed by atoms with Crippen molar-refractivity contribution in [2.24, 2.45) is 5.73 Å². The fourth-order valence-corrected chi connectivity index (χ4v) is 3.49. The first-order valence-electron chi connectivity index (χ1n) is 10.3. The molecule has 3 rings (SSSR count). The third-order valence-corrected chi connectivity index (χ3v) is 5.24. The molecule has 4 N–H and O–H groups in total. The van der Waals surface area contributed by atoms with Crippen molar-refractivity contribution >= 4 is 23.1 Å². The molecule has 2 aromatic rings. The zero-order chi connectivity index (χ0) is 22.8. The minimum Gasteiger partial charge on any atom is -0.404 e. The summed E-state index contributed by atoms with van der Waals surface area (Å²) in [6.45, 7) is 8.36. The van der Waals surface area contributed by atoms with E-state index in [4.69, 9.17) is 5.73 Å². The molecule has 1 aliphatic rings. The van der Waals surface area contributed by atoms with Gasteiger partial charge in [-0.1, -0.05) is 13.8 Å². The number of nitrogens with zero attached hydrogens (tertiary/aromatic N) is 3. The molecular weight excluding hydrogens is 394 g/mol. The lowest BCUT2D eigenvalue weighted by Crippen LogP contribution is -2.31. The number of aromatic nitrogens is 2. The van der Waals surface area contributed by atoms with Crippen molar-refractivity contribution in [2.75, 3.05) is 11.9 Å². The van der Waals surface area contributed by atoms with Crippen LogP contribution in [0.2, 0.25) is 0 Å². The maximum absolute atomic E-state index is 12.9. The van der Waals surface area contributed by atoms with Crippen LogP contribution in [0.1, 0.15) is 67.3 Å². The second kappa shape index (κ2) is 8.85. The van der Waals surface area contributed by atoms with E-state index in [-0.39, 0.29) is 23.2 Å². The van der Waals surface area contributed by atoms with Gasteiger partial charge in [0.05, 0.1) is 11.2 Å². The first kappa shape index (κ1) is 22.4. The van der Waals surface area contributed by atoms with Gasteiger partial charge in [0.25, 0.3) is 11.8 Å². The highest BCUT2D eigenvalue weighted by atomic mass is 16.3. The summed E-state index contributed by atoms with van der Waals surface area (Å²) < 4.78 is 0. The minimum absolute atomic E-state index is 0.0562. The van der Waals surface area contributed by atoms with Crippen molar-refractivity contribution in [3.05, 3.63) is 59.3 Å². The number of nitrogens with one attached hydrogen (secondary N) is 1. The highest BCUT2D eigenvalue weighted by Crippen LogP contribution is 2.33. The molecule has 0 fully saturated rings. The molecule has 2 heterocycles. The molecule has 0 atom stereocenters. The Bertz CT molecular complexity index is 1010. The molecule has 1 aromatic heterocycles. The number of rotatable bonds is 7. The van der Waals surface area contributed by atoms with Gasteiger partial charge >= 0.3 is 0 Å². The van der Waals surface area contributed by atoms with Gasteiger partial charge < -0.3 is 21.1 Å². The highest BCUT2D eigenvalue weighted by molar-refractivity contribution is 6.24. The van der Waals surface area contributed by atoms with Crippen molar-refractivity contribution in [3.63, 3.8) is 0 Å². The maximum Gasteiger partial charge on any atom is 0.260 e. The zero-order valence-electron chi connectivity index (χ0n) is 18.3. The van der Waals surface area contributed by atoms with Crippen LogP contribution in [0.5, 0.6) is 0 Å². The van der Waals surface area contributed by atoms with E-state index in [9.17, 15) is 14.7 Å². The smallest absolute Gasteiger partial charge is 0.260 e. The lowest BCUT2D eigenvalue weighted by Gasteiger charge is -2.22. The van der Waals surface area contributed by atoms with E-state index in [1.807, 2.05) is 26.0 Å². The predicted molar refractivity (Wildman–Crippen MR) is 119 cm³/mol. The van der Waals surface area contributed by atoms with Crippen LogP contribution in [0, 0.1) is 0 Å². The van der Waals surface area contributed by atoms with Gasteiger partial charge in [0.15, 0.2) is 5.82 Å². The SMILES string of the molecule is CC(C)c1cc2c(cc1NC(=O)C(=CN)c1ncccn1)CN(CCC(C)(C)O)C2=O. The van der Waals surface area contributed by atoms with Crippen LogP contribution < -0.4 is 11.1 Å². The van der Waals surface area contributed by atoms with E-state index >= 15 is 0 Å². The number of fused-ring (bicyclic) bond motifs is 1. The van der Waals surface area contributed by atoms with Crippen molar-refractivity contribution in [2.45, 2.75) is 52.2 Å². The first-order valence-corrected chi connectivity index (χ1v) is 10.3. The van der Waals surface area contributed by atoms with E-state index in [0.29, 0.717) is 30.8 Å². The van der Waals surface area contributed by atoms with Gasteiger partial charge in [-0.05, 0) is 55.5 Å². The number of hydrogen-bond donors (Lipinski definition) is 3. The Morgan fingerprint density at radius 2 is 2.00 bits per heavy atom. The minimum atomic E-state index is -0.845. The van der Waals surface area contributed by atoms with Crippen molar-refractivity contribution in [1.29, 1.82) is 0 Å². The second-order valence-corrected chi connectivity index (χ2v) is 8.65. The van der Waals surface area contributed by atoms with Gasteiger partial charge in [0.1, 0.15) is 0 Å². The number of nitrogens with two attached hydrogens (primary N) is 1. The number of benzene rings is 1. The fourth-order valence-electron chi connectivity index (χ4n) is 3.49. The second-order valence-electron chi connectivity index (χ2n) is 8.65. The normalized spacial score (nSPS) is 14.2. The Morgan fingerprint density at radius 3 is 2.58 bits per heavy atom. The number of carbonyl (C=O) groups is 2. The van der Waals surface area contributed by atoms with Gasteiger partial charge in [0.2, 0.25) is 0 Å². The van der Waals surface area contributed by atoms with Crippen molar-refractivity contribution < 1.29 is 14.7 Å². The molecule has 1 aliphatic heterocycles. The summed E-state index contributed by atoms with van der Waals surface area (Å²) in [5.74, 6) is -0.155. The van der Waals surface area contributed by atoms with E-state index in [1.165, 1.54) is 6.20 Å². The summed E-state index contributed by atoms with van der Waals surface area (Å²) in [6, 6.07) is 5.37. The molecule has 0 aliphatic carbocycles. The molecule has 0 bridgehead atoms. The van der Waals surface area contributed by atoms with Crippen LogP contribution in [0.3, 0.4) is 0 Å². The van der Waals surface area contributed by atoms with Crippen LogP contribution >= 0.6 is 0 Å². The molecular formula is C23H29N5O3. The average Bonchev–Trinajstić information content (AvgIpc) is 3.01. The Labute approximate surface area is 182 Å². The Morgan fingerprint density at radius 1 is 1.32 bits per heavy atom. The summed E-state index contributed by atoms with van der Waals surface area (Å²) in [5.41, 5.74) is 7.96. The van der Waals surface area contributed by atoms with E-state index in [2.05, 4.69) is 15.3 Å². The van der Waals surface area contributed by atoms with Gasteiger partial charge in [0, 0.05) is 42.9 Å². The fraction of sp³-hybridized carbons (Fsp3) is 0.391. The highest BCUT2D eigenvalue weighted by Gasteiger charge is 2.30. The number of aliphatic hydroxyl groups is 1.